The highest BCUT2D eigenvalue weighted by Crippen LogP contribution is 2.40. The van der Waals surface area contributed by atoms with Crippen LogP contribution in [0.3, 0.4) is 0 Å². The second-order valence-corrected chi connectivity index (χ2v) is 7.67. The summed E-state index contributed by atoms with van der Waals surface area (Å²) < 4.78 is 40.2. The van der Waals surface area contributed by atoms with Gasteiger partial charge in [0.25, 0.3) is 0 Å². The number of sulfonamides is 1. The summed E-state index contributed by atoms with van der Waals surface area (Å²) in [6.07, 6.45) is 0. The molecule has 0 spiro atoms. The molecular weight excluding hydrogens is 309 g/mol. The van der Waals surface area contributed by atoms with Crippen LogP contribution in [0.4, 0.5) is 4.39 Å². The van der Waals surface area contributed by atoms with Crippen LogP contribution in [0.1, 0.15) is 26.3 Å². The van der Waals surface area contributed by atoms with Gasteiger partial charge in [0.2, 0.25) is 10.0 Å². The zero-order valence-electron chi connectivity index (χ0n) is 9.79. The summed E-state index contributed by atoms with van der Waals surface area (Å²) in [4.78, 5) is -0.193. The maximum Gasteiger partial charge on any atom is 0.247 e. The number of nitrogens with zero attached hydrogens (tertiary/aromatic N) is 1. The van der Waals surface area contributed by atoms with Crippen LogP contribution in [0.25, 0.3) is 0 Å². The van der Waals surface area contributed by atoms with Crippen LogP contribution in [0.5, 0.6) is 0 Å². The average Bonchev–Trinajstić information content (AvgIpc) is 2.44. The maximum atomic E-state index is 13.7. The molecule has 0 saturated heterocycles. The predicted octanol–water partition coefficient (Wildman–Crippen LogP) is 2.89. The van der Waals surface area contributed by atoms with Gasteiger partial charge >= 0.3 is 0 Å². The summed E-state index contributed by atoms with van der Waals surface area (Å²) >= 11 is 3.27. The van der Waals surface area contributed by atoms with E-state index in [-0.39, 0.29) is 11.4 Å². The van der Waals surface area contributed by atoms with Crippen molar-refractivity contribution in [3.8, 4) is 0 Å². The number of hydrogen-bond acceptors (Lipinski definition) is 2. The molecule has 0 aromatic heterocycles. The zero-order chi connectivity index (χ0) is 13.0. The predicted molar refractivity (Wildman–Crippen MR) is 66.6 cm³/mol. The lowest BCUT2D eigenvalue weighted by Gasteiger charge is -2.29. The zero-order valence-corrected chi connectivity index (χ0v) is 12.2. The van der Waals surface area contributed by atoms with Crippen molar-refractivity contribution in [2.24, 2.45) is 0 Å². The van der Waals surface area contributed by atoms with Crippen LogP contribution in [-0.2, 0) is 16.6 Å². The summed E-state index contributed by atoms with van der Waals surface area (Å²) in [5, 5.41) is 0. The van der Waals surface area contributed by atoms with E-state index < -0.39 is 21.4 Å². The molecule has 0 aliphatic carbocycles. The van der Waals surface area contributed by atoms with Gasteiger partial charge in [-0.1, -0.05) is 15.9 Å². The van der Waals surface area contributed by atoms with Gasteiger partial charge in [0, 0.05) is 22.1 Å². The first-order valence-corrected chi connectivity index (χ1v) is 7.39. The molecule has 3 nitrogen and oxygen atoms in total. The van der Waals surface area contributed by atoms with Gasteiger partial charge in [0.05, 0.1) is 0 Å². The van der Waals surface area contributed by atoms with E-state index in [0.717, 1.165) is 0 Å². The molecule has 0 amide bonds. The molecule has 1 aromatic rings. The third-order valence-corrected chi connectivity index (χ3v) is 5.71. The largest absolute Gasteiger partial charge is 0.247 e. The first-order chi connectivity index (χ1) is 7.65. The molecule has 1 heterocycles. The second-order valence-electron chi connectivity index (χ2n) is 5.02. The molecule has 1 aromatic carbocycles. The van der Waals surface area contributed by atoms with Gasteiger partial charge in [-0.15, -0.1) is 0 Å². The Kier molecular flexibility index (Phi) is 2.88. The number of hydrogen-bond donors (Lipinski definition) is 0. The quantitative estimate of drug-likeness (QED) is 0.736. The molecule has 17 heavy (non-hydrogen) atoms. The van der Waals surface area contributed by atoms with Crippen molar-refractivity contribution in [3.05, 3.63) is 28.0 Å². The van der Waals surface area contributed by atoms with Crippen molar-refractivity contribution < 1.29 is 12.8 Å². The molecule has 0 N–H and O–H groups in total. The van der Waals surface area contributed by atoms with Gasteiger partial charge in [0.1, 0.15) is 10.7 Å². The first kappa shape index (κ1) is 13.0. The number of fused-ring (bicyclic) bond motifs is 1. The topological polar surface area (TPSA) is 37.4 Å². The van der Waals surface area contributed by atoms with E-state index in [9.17, 15) is 12.8 Å². The van der Waals surface area contributed by atoms with E-state index in [1.165, 1.54) is 16.4 Å². The van der Waals surface area contributed by atoms with Gasteiger partial charge in [-0.3, -0.25) is 0 Å². The molecule has 1 aliphatic rings. The van der Waals surface area contributed by atoms with Crippen molar-refractivity contribution >= 4 is 26.0 Å². The summed E-state index contributed by atoms with van der Waals surface area (Å²) in [5.41, 5.74) is -0.0658. The third kappa shape index (κ3) is 1.92. The Labute approximate surface area is 109 Å². The minimum Gasteiger partial charge on any atom is -0.207 e. The second kappa shape index (κ2) is 3.76. The van der Waals surface area contributed by atoms with E-state index in [2.05, 4.69) is 15.9 Å². The number of benzene rings is 1. The highest BCUT2D eigenvalue weighted by Gasteiger charge is 2.43. The maximum absolute atomic E-state index is 13.7. The molecule has 94 valence electrons. The van der Waals surface area contributed by atoms with Gasteiger partial charge in [0.15, 0.2) is 0 Å². The summed E-state index contributed by atoms with van der Waals surface area (Å²) in [6.45, 7) is 5.59. The van der Waals surface area contributed by atoms with E-state index in [0.29, 0.717) is 10.0 Å². The molecule has 6 heteroatoms. The van der Waals surface area contributed by atoms with Crippen molar-refractivity contribution in [3.63, 3.8) is 0 Å². The molecule has 0 saturated carbocycles. The smallest absolute Gasteiger partial charge is 0.207 e. The molecule has 0 atom stereocenters. The fraction of sp³-hybridized carbons (Fsp3) is 0.455. The van der Waals surface area contributed by atoms with Crippen LogP contribution in [0, 0.1) is 5.82 Å². The lowest BCUT2D eigenvalue weighted by Crippen LogP contribution is -2.41. The van der Waals surface area contributed by atoms with Crippen molar-refractivity contribution in [2.45, 2.75) is 37.8 Å². The van der Waals surface area contributed by atoms with E-state index in [1.54, 1.807) is 20.8 Å². The van der Waals surface area contributed by atoms with Gasteiger partial charge in [-0.2, -0.15) is 4.31 Å². The van der Waals surface area contributed by atoms with Crippen LogP contribution < -0.4 is 0 Å². The first-order valence-electron chi connectivity index (χ1n) is 5.15. The Hall–Kier alpha value is -0.460. The SMILES string of the molecule is CC(C)(C)N1Cc2c(Br)ccc(F)c2S1(=O)=O. The highest BCUT2D eigenvalue weighted by atomic mass is 79.9. The third-order valence-electron chi connectivity index (χ3n) is 2.75. The van der Waals surface area contributed by atoms with Gasteiger partial charge in [-0.25, -0.2) is 12.8 Å². The van der Waals surface area contributed by atoms with Crippen LogP contribution in [-0.4, -0.2) is 18.3 Å². The Bertz CT molecular complexity index is 578. The summed E-state index contributed by atoms with van der Waals surface area (Å²) in [6, 6.07) is 2.71. The standard InChI is InChI=1S/C11H13BrFNO2S/c1-11(2,3)14-6-7-8(12)4-5-9(13)10(7)17(14,15)16/h4-5H,6H2,1-3H3. The number of rotatable bonds is 0. The van der Waals surface area contributed by atoms with Crippen molar-refractivity contribution in [2.75, 3.05) is 0 Å². The monoisotopic (exact) mass is 321 g/mol. The highest BCUT2D eigenvalue weighted by molar-refractivity contribution is 9.10. The lowest BCUT2D eigenvalue weighted by atomic mass is 10.1. The van der Waals surface area contributed by atoms with Gasteiger partial charge in [-0.05, 0) is 32.9 Å². The number of halogens is 2. The van der Waals surface area contributed by atoms with E-state index in [1.807, 2.05) is 0 Å². The van der Waals surface area contributed by atoms with Crippen molar-refractivity contribution in [1.82, 2.24) is 4.31 Å². The van der Waals surface area contributed by atoms with Crippen LogP contribution in [0.15, 0.2) is 21.5 Å². The lowest BCUT2D eigenvalue weighted by molar-refractivity contribution is 0.252. The normalized spacial score (nSPS) is 19.4. The minimum absolute atomic E-state index is 0.193. The Balaban J connectivity index is 2.71. The molecule has 0 bridgehead atoms. The molecule has 2 rings (SSSR count). The van der Waals surface area contributed by atoms with Crippen LogP contribution in [0.2, 0.25) is 0 Å². The molecule has 1 aliphatic heterocycles. The van der Waals surface area contributed by atoms with Gasteiger partial charge < -0.3 is 0 Å². The molecule has 0 unspecified atom stereocenters. The summed E-state index contributed by atoms with van der Waals surface area (Å²) in [5.74, 6) is -0.685. The average molecular weight is 322 g/mol. The fourth-order valence-electron chi connectivity index (χ4n) is 1.94. The summed E-state index contributed by atoms with van der Waals surface area (Å²) in [7, 11) is -3.73. The Morgan fingerprint density at radius 3 is 2.41 bits per heavy atom. The Morgan fingerprint density at radius 2 is 1.94 bits per heavy atom. The van der Waals surface area contributed by atoms with E-state index >= 15 is 0 Å². The molecular formula is C11H13BrFNO2S. The molecule has 0 fully saturated rings. The minimum atomic E-state index is -3.73. The fourth-order valence-corrected chi connectivity index (χ4v) is 4.57. The van der Waals surface area contributed by atoms with Crippen LogP contribution >= 0.6 is 15.9 Å². The van der Waals surface area contributed by atoms with Crippen molar-refractivity contribution in [1.29, 1.82) is 0 Å². The molecule has 0 radical (unpaired) electrons. The Morgan fingerprint density at radius 1 is 1.35 bits per heavy atom. The van der Waals surface area contributed by atoms with E-state index in [4.69, 9.17) is 0 Å².